The predicted octanol–water partition coefficient (Wildman–Crippen LogP) is 4.29. The summed E-state index contributed by atoms with van der Waals surface area (Å²) in [5, 5.41) is 11.9. The zero-order valence-electron chi connectivity index (χ0n) is 15.7. The van der Waals surface area contributed by atoms with Gasteiger partial charge in [0.2, 0.25) is 0 Å². The van der Waals surface area contributed by atoms with Crippen molar-refractivity contribution in [2.75, 3.05) is 12.4 Å². The Balaban J connectivity index is 2.06. The summed E-state index contributed by atoms with van der Waals surface area (Å²) in [5.41, 5.74) is 1.17. The Labute approximate surface area is 160 Å². The second-order valence-corrected chi connectivity index (χ2v) is 7.08. The summed E-state index contributed by atoms with van der Waals surface area (Å²) in [7, 11) is 1.66. The van der Waals surface area contributed by atoms with Crippen molar-refractivity contribution in [3.8, 4) is 11.8 Å². The number of hydrogen-bond acceptors (Lipinski definition) is 4. The lowest BCUT2D eigenvalue weighted by molar-refractivity contribution is -0.182. The molecule has 0 spiro atoms. The molecule has 0 unspecified atom stereocenters. The van der Waals surface area contributed by atoms with E-state index in [2.05, 4.69) is 10.3 Å². The Morgan fingerprint density at radius 2 is 1.79 bits per heavy atom. The minimum atomic E-state index is -4.19. The van der Waals surface area contributed by atoms with Crippen LogP contribution in [-0.4, -0.2) is 22.8 Å². The normalized spacial score (nSPS) is 19.9. The SMILES string of the molecule is CNc1nc([C@H]2CC[C@@H](C(F)(F)F)CC2)n(-c2ccc(C#N)cc2)c(=O)c1C. The second kappa shape index (κ2) is 7.66. The van der Waals surface area contributed by atoms with E-state index in [0.717, 1.165) is 0 Å². The number of nitriles is 1. The van der Waals surface area contributed by atoms with Crippen LogP contribution in [0.2, 0.25) is 0 Å². The topological polar surface area (TPSA) is 70.7 Å². The van der Waals surface area contributed by atoms with Gasteiger partial charge in [-0.3, -0.25) is 9.36 Å². The largest absolute Gasteiger partial charge is 0.391 e. The highest BCUT2D eigenvalue weighted by Gasteiger charge is 2.42. The maximum absolute atomic E-state index is 13.0. The second-order valence-electron chi connectivity index (χ2n) is 7.08. The van der Waals surface area contributed by atoms with Gasteiger partial charge in [0.15, 0.2) is 0 Å². The number of anilines is 1. The molecule has 8 heteroatoms. The van der Waals surface area contributed by atoms with E-state index in [0.29, 0.717) is 41.3 Å². The summed E-state index contributed by atoms with van der Waals surface area (Å²) >= 11 is 0. The lowest BCUT2D eigenvalue weighted by atomic mass is 9.81. The number of nitrogens with one attached hydrogen (secondary N) is 1. The Morgan fingerprint density at radius 1 is 1.18 bits per heavy atom. The van der Waals surface area contributed by atoms with Gasteiger partial charge in [0, 0.05) is 13.0 Å². The van der Waals surface area contributed by atoms with Gasteiger partial charge in [-0.15, -0.1) is 0 Å². The highest BCUT2D eigenvalue weighted by molar-refractivity contribution is 5.46. The number of nitrogens with zero attached hydrogens (tertiary/aromatic N) is 3. The van der Waals surface area contributed by atoms with Gasteiger partial charge in [-0.25, -0.2) is 4.98 Å². The Kier molecular flexibility index (Phi) is 5.45. The van der Waals surface area contributed by atoms with Crippen molar-refractivity contribution in [2.24, 2.45) is 5.92 Å². The van der Waals surface area contributed by atoms with Crippen LogP contribution >= 0.6 is 0 Å². The minimum Gasteiger partial charge on any atom is -0.373 e. The first-order chi connectivity index (χ1) is 13.3. The van der Waals surface area contributed by atoms with Crippen LogP contribution in [0.4, 0.5) is 19.0 Å². The number of benzene rings is 1. The molecular formula is C20H21F3N4O. The molecule has 1 saturated carbocycles. The van der Waals surface area contributed by atoms with Crippen LogP contribution in [0, 0.1) is 24.2 Å². The summed E-state index contributed by atoms with van der Waals surface area (Å²) < 4.78 is 40.5. The molecule has 0 amide bonds. The van der Waals surface area contributed by atoms with E-state index >= 15 is 0 Å². The summed E-state index contributed by atoms with van der Waals surface area (Å²) in [4.78, 5) is 17.6. The first-order valence-electron chi connectivity index (χ1n) is 9.14. The van der Waals surface area contributed by atoms with Crippen LogP contribution in [0.25, 0.3) is 5.69 Å². The first-order valence-corrected chi connectivity index (χ1v) is 9.14. The molecule has 1 aromatic heterocycles. The Hall–Kier alpha value is -2.82. The number of alkyl halides is 3. The van der Waals surface area contributed by atoms with Gasteiger partial charge < -0.3 is 5.32 Å². The van der Waals surface area contributed by atoms with Gasteiger partial charge in [-0.05, 0) is 56.9 Å². The van der Waals surface area contributed by atoms with Gasteiger partial charge >= 0.3 is 6.18 Å². The van der Waals surface area contributed by atoms with Gasteiger partial charge in [-0.2, -0.15) is 18.4 Å². The summed E-state index contributed by atoms with van der Waals surface area (Å²) in [6, 6.07) is 8.55. The smallest absolute Gasteiger partial charge is 0.373 e. The maximum Gasteiger partial charge on any atom is 0.391 e. The van der Waals surface area contributed by atoms with Crippen molar-refractivity contribution < 1.29 is 13.2 Å². The van der Waals surface area contributed by atoms with E-state index in [9.17, 15) is 18.0 Å². The molecule has 1 aliphatic rings. The molecule has 0 aliphatic heterocycles. The average molecular weight is 390 g/mol. The van der Waals surface area contributed by atoms with Crippen LogP contribution in [0.1, 0.15) is 48.6 Å². The molecule has 0 bridgehead atoms. The quantitative estimate of drug-likeness (QED) is 0.849. The van der Waals surface area contributed by atoms with Gasteiger partial charge in [0.1, 0.15) is 11.6 Å². The van der Waals surface area contributed by atoms with Crippen molar-refractivity contribution in [2.45, 2.75) is 44.7 Å². The lowest BCUT2D eigenvalue weighted by Crippen LogP contribution is -2.32. The van der Waals surface area contributed by atoms with Crippen molar-refractivity contribution in [3.05, 3.63) is 51.6 Å². The summed E-state index contributed by atoms with van der Waals surface area (Å²) in [6.45, 7) is 1.66. The Bertz CT molecular complexity index is 950. The third kappa shape index (κ3) is 3.75. The fourth-order valence-electron chi connectivity index (χ4n) is 3.75. The van der Waals surface area contributed by atoms with Crippen LogP contribution in [0.15, 0.2) is 29.1 Å². The number of aromatic nitrogens is 2. The van der Waals surface area contributed by atoms with Crippen molar-refractivity contribution in [1.82, 2.24) is 9.55 Å². The van der Waals surface area contributed by atoms with Gasteiger partial charge in [-0.1, -0.05) is 0 Å². The molecule has 1 fully saturated rings. The molecule has 5 nitrogen and oxygen atoms in total. The third-order valence-corrected chi connectivity index (χ3v) is 5.38. The molecule has 0 radical (unpaired) electrons. The van der Waals surface area contributed by atoms with Gasteiger partial charge in [0.05, 0.1) is 28.8 Å². The van der Waals surface area contributed by atoms with E-state index < -0.39 is 12.1 Å². The average Bonchev–Trinajstić information content (AvgIpc) is 2.69. The highest BCUT2D eigenvalue weighted by atomic mass is 19.4. The molecule has 1 aliphatic carbocycles. The van der Waals surface area contributed by atoms with E-state index in [4.69, 9.17) is 5.26 Å². The van der Waals surface area contributed by atoms with Crippen molar-refractivity contribution >= 4 is 5.82 Å². The molecule has 1 heterocycles. The van der Waals surface area contributed by atoms with E-state index in [1.54, 1.807) is 38.2 Å². The van der Waals surface area contributed by atoms with Crippen LogP contribution in [0.5, 0.6) is 0 Å². The van der Waals surface area contributed by atoms with Crippen LogP contribution < -0.4 is 10.9 Å². The molecule has 1 N–H and O–H groups in total. The fraction of sp³-hybridized carbons (Fsp3) is 0.450. The molecule has 1 aromatic carbocycles. The number of hydrogen-bond donors (Lipinski definition) is 1. The highest BCUT2D eigenvalue weighted by Crippen LogP contribution is 2.42. The Morgan fingerprint density at radius 3 is 2.29 bits per heavy atom. The fourth-order valence-corrected chi connectivity index (χ4v) is 3.75. The molecule has 0 saturated heterocycles. The third-order valence-electron chi connectivity index (χ3n) is 5.38. The molecule has 0 atom stereocenters. The summed E-state index contributed by atoms with van der Waals surface area (Å²) in [5.74, 6) is -0.643. The maximum atomic E-state index is 13.0. The molecule has 2 aromatic rings. The molecule has 3 rings (SSSR count). The zero-order chi connectivity index (χ0) is 20.5. The van der Waals surface area contributed by atoms with E-state index in [1.807, 2.05) is 6.07 Å². The first kappa shape index (κ1) is 19.9. The van der Waals surface area contributed by atoms with E-state index in [1.165, 1.54) is 4.57 Å². The molecular weight excluding hydrogens is 369 g/mol. The zero-order valence-corrected chi connectivity index (χ0v) is 15.7. The number of halogens is 3. The lowest BCUT2D eigenvalue weighted by Gasteiger charge is -2.31. The predicted molar refractivity (Wildman–Crippen MR) is 99.6 cm³/mol. The van der Waals surface area contributed by atoms with Crippen molar-refractivity contribution in [1.29, 1.82) is 5.26 Å². The standard InChI is InChI=1S/C20H21F3N4O/c1-12-17(25-2)26-18(14-5-7-15(8-6-14)20(21,22)23)27(19(12)28)16-9-3-13(11-24)4-10-16/h3-4,9-10,14-15,25H,5-8H2,1-2H3/t14-,15+. The minimum absolute atomic E-state index is 0.0279. The van der Waals surface area contributed by atoms with E-state index in [-0.39, 0.29) is 24.3 Å². The molecule has 148 valence electrons. The van der Waals surface area contributed by atoms with Crippen LogP contribution in [0.3, 0.4) is 0 Å². The molecule has 28 heavy (non-hydrogen) atoms. The van der Waals surface area contributed by atoms with Crippen molar-refractivity contribution in [3.63, 3.8) is 0 Å². The summed E-state index contributed by atoms with van der Waals surface area (Å²) in [6.07, 6.45) is -3.49. The number of rotatable bonds is 3. The van der Waals surface area contributed by atoms with Crippen LogP contribution in [-0.2, 0) is 0 Å². The monoisotopic (exact) mass is 390 g/mol. The van der Waals surface area contributed by atoms with Gasteiger partial charge in [0.25, 0.3) is 5.56 Å².